The molecule has 4 aromatic carbocycles. The van der Waals surface area contributed by atoms with E-state index in [-0.39, 0.29) is 5.91 Å². The lowest BCUT2D eigenvalue weighted by molar-refractivity contribution is -0.115. The fourth-order valence-electron chi connectivity index (χ4n) is 4.19. The molecule has 1 atom stereocenters. The van der Waals surface area contributed by atoms with E-state index in [1.165, 1.54) is 11.1 Å². The number of nitrogens with one attached hydrogen (secondary N) is 2. The minimum atomic E-state index is -0.498. The number of rotatable bonds is 7. The lowest BCUT2D eigenvalue weighted by Gasteiger charge is -2.14. The average molecular weight is 466 g/mol. The van der Waals surface area contributed by atoms with Gasteiger partial charge >= 0.3 is 0 Å². The maximum Gasteiger partial charge on any atom is 0.238 e. The number of nitrogens with zero attached hydrogens (tertiary/aromatic N) is 1. The zero-order valence-corrected chi connectivity index (χ0v) is 19.3. The van der Waals surface area contributed by atoms with Gasteiger partial charge < -0.3 is 10.6 Å². The van der Waals surface area contributed by atoms with Gasteiger partial charge in [0.25, 0.3) is 0 Å². The summed E-state index contributed by atoms with van der Waals surface area (Å²) in [6.07, 6.45) is 0. The molecule has 4 aromatic rings. The predicted octanol–water partition coefficient (Wildman–Crippen LogP) is 6.49. The Morgan fingerprint density at radius 2 is 1.47 bits per heavy atom. The van der Waals surface area contributed by atoms with Crippen LogP contribution >= 0.6 is 11.6 Å². The highest BCUT2D eigenvalue weighted by Gasteiger charge is 2.35. The second-order valence-corrected chi connectivity index (χ2v) is 8.71. The van der Waals surface area contributed by atoms with Gasteiger partial charge in [0.15, 0.2) is 0 Å². The van der Waals surface area contributed by atoms with Crippen molar-refractivity contribution in [3.63, 3.8) is 0 Å². The molecule has 2 N–H and O–H groups in total. The monoisotopic (exact) mass is 465 g/mol. The van der Waals surface area contributed by atoms with Crippen molar-refractivity contribution in [2.75, 3.05) is 5.32 Å². The molecule has 4 nitrogen and oxygen atoms in total. The second kappa shape index (κ2) is 10.0. The van der Waals surface area contributed by atoms with Crippen LogP contribution in [0.15, 0.2) is 108 Å². The third-order valence-corrected chi connectivity index (χ3v) is 6.11. The van der Waals surface area contributed by atoms with Gasteiger partial charge in [0.2, 0.25) is 5.91 Å². The van der Waals surface area contributed by atoms with Crippen molar-refractivity contribution in [2.24, 2.45) is 4.99 Å². The Kier molecular flexibility index (Phi) is 6.52. The Morgan fingerprint density at radius 1 is 0.824 bits per heavy atom. The number of anilines is 1. The third kappa shape index (κ3) is 4.93. The van der Waals surface area contributed by atoms with Crippen LogP contribution in [-0.4, -0.2) is 11.6 Å². The summed E-state index contributed by atoms with van der Waals surface area (Å²) in [7, 11) is 0. The minimum absolute atomic E-state index is 0.0957. The molecule has 34 heavy (non-hydrogen) atoms. The first-order valence-electron chi connectivity index (χ1n) is 11.3. The van der Waals surface area contributed by atoms with Crippen molar-refractivity contribution in [1.29, 1.82) is 0 Å². The SMILES string of the molecule is O=C1Nc2cc(Cl)ccc2C1C(=Nc1ccc(CNCc2ccccc2)cc1)c1ccccc1. The summed E-state index contributed by atoms with van der Waals surface area (Å²) in [6.45, 7) is 1.59. The van der Waals surface area contributed by atoms with Gasteiger partial charge in [0.1, 0.15) is 5.92 Å². The number of aliphatic imine (C=N–C) groups is 1. The Hall–Kier alpha value is -3.73. The molecule has 1 aliphatic rings. The lowest BCUT2D eigenvalue weighted by atomic mass is 9.90. The second-order valence-electron chi connectivity index (χ2n) is 8.27. The highest BCUT2D eigenvalue weighted by Crippen LogP contribution is 2.37. The smallest absolute Gasteiger partial charge is 0.238 e. The van der Waals surface area contributed by atoms with Crippen LogP contribution in [-0.2, 0) is 17.9 Å². The van der Waals surface area contributed by atoms with Crippen LogP contribution in [0.1, 0.15) is 28.2 Å². The summed E-state index contributed by atoms with van der Waals surface area (Å²) in [4.78, 5) is 17.9. The van der Waals surface area contributed by atoms with Crippen LogP contribution in [0, 0.1) is 0 Å². The molecule has 1 heterocycles. The largest absolute Gasteiger partial charge is 0.325 e. The molecule has 0 radical (unpaired) electrons. The normalized spacial score (nSPS) is 15.1. The molecule has 0 fully saturated rings. The van der Waals surface area contributed by atoms with Crippen molar-refractivity contribution in [2.45, 2.75) is 19.0 Å². The van der Waals surface area contributed by atoms with Crippen LogP contribution in [0.2, 0.25) is 5.02 Å². The summed E-state index contributed by atoms with van der Waals surface area (Å²) in [5, 5.41) is 7.02. The first-order valence-corrected chi connectivity index (χ1v) is 11.6. The molecule has 0 saturated carbocycles. The average Bonchev–Trinajstić information content (AvgIpc) is 3.19. The Labute approximate surface area is 204 Å². The highest BCUT2D eigenvalue weighted by molar-refractivity contribution is 6.31. The van der Waals surface area contributed by atoms with E-state index in [2.05, 4.69) is 34.9 Å². The lowest BCUT2D eigenvalue weighted by Crippen LogP contribution is -2.21. The van der Waals surface area contributed by atoms with Crippen molar-refractivity contribution in [1.82, 2.24) is 5.32 Å². The summed E-state index contributed by atoms with van der Waals surface area (Å²) in [5.74, 6) is -0.594. The Morgan fingerprint density at radius 3 is 2.18 bits per heavy atom. The van der Waals surface area contributed by atoms with Gasteiger partial charge in [0, 0.05) is 23.8 Å². The number of fused-ring (bicyclic) bond motifs is 1. The fourth-order valence-corrected chi connectivity index (χ4v) is 4.36. The topological polar surface area (TPSA) is 53.5 Å². The summed E-state index contributed by atoms with van der Waals surface area (Å²) in [6, 6.07) is 33.8. The zero-order chi connectivity index (χ0) is 23.3. The number of amides is 1. The molecule has 0 bridgehead atoms. The maximum absolute atomic E-state index is 13.0. The van der Waals surface area contributed by atoms with Crippen LogP contribution in [0.4, 0.5) is 11.4 Å². The number of benzene rings is 4. The Bertz CT molecular complexity index is 1320. The van der Waals surface area contributed by atoms with E-state index in [0.29, 0.717) is 10.7 Å². The van der Waals surface area contributed by atoms with Crippen LogP contribution in [0.5, 0.6) is 0 Å². The van der Waals surface area contributed by atoms with Crippen molar-refractivity contribution in [3.05, 3.63) is 130 Å². The highest BCUT2D eigenvalue weighted by atomic mass is 35.5. The molecule has 1 amide bonds. The predicted molar refractivity (Wildman–Crippen MR) is 139 cm³/mol. The summed E-state index contributed by atoms with van der Waals surface area (Å²) in [5.41, 5.74) is 6.50. The van der Waals surface area contributed by atoms with Crippen LogP contribution < -0.4 is 10.6 Å². The Balaban J connectivity index is 1.40. The summed E-state index contributed by atoms with van der Waals surface area (Å²) >= 11 is 6.14. The molecule has 5 heteroatoms. The van der Waals surface area contributed by atoms with Gasteiger partial charge in [-0.1, -0.05) is 90.5 Å². The van der Waals surface area contributed by atoms with Gasteiger partial charge in [-0.25, -0.2) is 0 Å². The molecular weight excluding hydrogens is 442 g/mol. The van der Waals surface area contributed by atoms with Gasteiger partial charge in [-0.2, -0.15) is 0 Å². The molecule has 1 aliphatic heterocycles. The number of hydrogen-bond donors (Lipinski definition) is 2. The molecule has 0 aliphatic carbocycles. The number of hydrogen-bond acceptors (Lipinski definition) is 3. The van der Waals surface area contributed by atoms with E-state index in [1.807, 2.05) is 72.8 Å². The van der Waals surface area contributed by atoms with E-state index < -0.39 is 5.92 Å². The standard InChI is InChI=1S/C29H24ClN3O/c30-23-13-16-25-26(17-23)33-29(34)27(25)28(22-9-5-2-6-10-22)32-24-14-11-21(12-15-24)19-31-18-20-7-3-1-4-8-20/h1-17,27,31H,18-19H2,(H,33,34). The van der Waals surface area contributed by atoms with Crippen molar-refractivity contribution < 1.29 is 4.79 Å². The molecular formula is C29H24ClN3O. The van der Waals surface area contributed by atoms with E-state index in [1.54, 1.807) is 6.07 Å². The van der Waals surface area contributed by atoms with E-state index in [9.17, 15) is 4.79 Å². The van der Waals surface area contributed by atoms with Gasteiger partial charge in [-0.05, 0) is 46.5 Å². The van der Waals surface area contributed by atoms with Gasteiger partial charge in [-0.15, -0.1) is 0 Å². The van der Waals surface area contributed by atoms with Crippen LogP contribution in [0.3, 0.4) is 0 Å². The molecule has 168 valence electrons. The zero-order valence-electron chi connectivity index (χ0n) is 18.5. The first kappa shape index (κ1) is 22.1. The molecule has 5 rings (SSSR count). The number of carbonyl (C=O) groups excluding carboxylic acids is 1. The number of carbonyl (C=O) groups is 1. The molecule has 0 aromatic heterocycles. The molecule has 0 saturated heterocycles. The van der Waals surface area contributed by atoms with E-state index >= 15 is 0 Å². The summed E-state index contributed by atoms with van der Waals surface area (Å²) < 4.78 is 0. The van der Waals surface area contributed by atoms with Crippen LogP contribution in [0.25, 0.3) is 0 Å². The maximum atomic E-state index is 13.0. The fraction of sp³-hybridized carbons (Fsp3) is 0.103. The molecule has 1 unspecified atom stereocenters. The van der Waals surface area contributed by atoms with Crippen molar-refractivity contribution >= 4 is 34.6 Å². The van der Waals surface area contributed by atoms with Gasteiger partial charge in [-0.3, -0.25) is 9.79 Å². The first-order chi connectivity index (χ1) is 16.7. The molecule has 0 spiro atoms. The third-order valence-electron chi connectivity index (χ3n) is 5.88. The van der Waals surface area contributed by atoms with Crippen molar-refractivity contribution in [3.8, 4) is 0 Å². The van der Waals surface area contributed by atoms with Gasteiger partial charge in [0.05, 0.1) is 11.4 Å². The van der Waals surface area contributed by atoms with E-state index in [0.717, 1.165) is 35.6 Å². The minimum Gasteiger partial charge on any atom is -0.325 e. The number of halogens is 1. The van der Waals surface area contributed by atoms with E-state index in [4.69, 9.17) is 16.6 Å². The quantitative estimate of drug-likeness (QED) is 0.306.